The van der Waals surface area contributed by atoms with Crippen LogP contribution >= 0.6 is 0 Å². The monoisotopic (exact) mass is 434 g/mol. The Bertz CT molecular complexity index is 1090. The second-order valence-corrected chi connectivity index (χ2v) is 8.73. The van der Waals surface area contributed by atoms with Crippen LogP contribution in [0.15, 0.2) is 71.3 Å². The van der Waals surface area contributed by atoms with Gasteiger partial charge in [0.05, 0.1) is 18.4 Å². The molecule has 1 aliphatic heterocycles. The number of carbonyl (C=O) groups excluding carboxylic acids is 1. The van der Waals surface area contributed by atoms with E-state index in [9.17, 15) is 9.18 Å². The zero-order chi connectivity index (χ0) is 22.1. The summed E-state index contributed by atoms with van der Waals surface area (Å²) in [6.07, 6.45) is 3.15. The predicted octanol–water partition coefficient (Wildman–Crippen LogP) is 4.45. The normalized spacial score (nSPS) is 22.1. The van der Waals surface area contributed by atoms with Gasteiger partial charge in [0.1, 0.15) is 5.82 Å². The van der Waals surface area contributed by atoms with Crippen molar-refractivity contribution in [3.63, 3.8) is 0 Å². The molecule has 2 heterocycles. The third-order valence-electron chi connectivity index (χ3n) is 7.01. The summed E-state index contributed by atoms with van der Waals surface area (Å²) < 4.78 is 25.0. The van der Waals surface area contributed by atoms with Gasteiger partial charge < -0.3 is 14.5 Å². The highest BCUT2D eigenvalue weighted by Crippen LogP contribution is 2.52. The molecular weight excluding hydrogens is 407 g/mol. The van der Waals surface area contributed by atoms with Gasteiger partial charge >= 0.3 is 0 Å². The summed E-state index contributed by atoms with van der Waals surface area (Å²) in [5.41, 5.74) is 3.17. The number of ether oxygens (including phenoxy) is 1. The quantitative estimate of drug-likeness (QED) is 0.645. The smallest absolute Gasteiger partial charge is 0.287 e. The third kappa shape index (κ3) is 3.63. The van der Waals surface area contributed by atoms with E-state index in [-0.39, 0.29) is 29.3 Å². The minimum absolute atomic E-state index is 0.171. The van der Waals surface area contributed by atoms with Gasteiger partial charge in [-0.05, 0) is 66.9 Å². The minimum atomic E-state index is -0.247. The van der Waals surface area contributed by atoms with Gasteiger partial charge in [-0.1, -0.05) is 36.4 Å². The minimum Gasteiger partial charge on any atom is -0.459 e. The van der Waals surface area contributed by atoms with Crippen molar-refractivity contribution in [3.8, 4) is 0 Å². The van der Waals surface area contributed by atoms with Crippen LogP contribution in [-0.2, 0) is 16.7 Å². The summed E-state index contributed by atoms with van der Waals surface area (Å²) in [7, 11) is 1.73. The molecule has 32 heavy (non-hydrogen) atoms. The van der Waals surface area contributed by atoms with Crippen molar-refractivity contribution in [1.29, 1.82) is 0 Å². The molecule has 6 heteroatoms. The molecule has 1 fully saturated rings. The van der Waals surface area contributed by atoms with E-state index in [4.69, 9.17) is 9.15 Å². The molecule has 2 aromatic carbocycles. The Morgan fingerprint density at radius 2 is 1.97 bits per heavy atom. The van der Waals surface area contributed by atoms with E-state index in [1.807, 2.05) is 12.1 Å². The number of piperidine rings is 1. The lowest BCUT2D eigenvalue weighted by Gasteiger charge is -2.44. The highest BCUT2D eigenvalue weighted by Gasteiger charge is 2.54. The molecule has 1 aromatic heterocycles. The fraction of sp³-hybridized carbons (Fsp3) is 0.346. The van der Waals surface area contributed by atoms with Gasteiger partial charge in [0.2, 0.25) is 0 Å². The Balaban J connectivity index is 1.38. The van der Waals surface area contributed by atoms with Crippen molar-refractivity contribution in [1.82, 2.24) is 10.2 Å². The second kappa shape index (κ2) is 8.52. The first-order valence-electron chi connectivity index (χ1n) is 11.0. The number of rotatable bonds is 5. The van der Waals surface area contributed by atoms with E-state index >= 15 is 0 Å². The van der Waals surface area contributed by atoms with E-state index in [2.05, 4.69) is 28.4 Å². The number of nitrogens with one attached hydrogen (secondary N) is 1. The molecule has 5 rings (SSSR count). The van der Waals surface area contributed by atoms with Crippen molar-refractivity contribution < 1.29 is 18.3 Å². The van der Waals surface area contributed by atoms with E-state index in [1.165, 1.54) is 17.9 Å². The van der Waals surface area contributed by atoms with E-state index < -0.39 is 0 Å². The van der Waals surface area contributed by atoms with Crippen LogP contribution in [0.25, 0.3) is 0 Å². The molecule has 0 bridgehead atoms. The van der Waals surface area contributed by atoms with Crippen LogP contribution < -0.4 is 5.32 Å². The fourth-order valence-electron chi connectivity index (χ4n) is 5.55. The first kappa shape index (κ1) is 20.9. The predicted molar refractivity (Wildman–Crippen MR) is 119 cm³/mol. The number of amides is 1. The number of likely N-dealkylation sites (tertiary alicyclic amines) is 1. The molecule has 0 saturated carbocycles. The average molecular weight is 435 g/mol. The van der Waals surface area contributed by atoms with Crippen molar-refractivity contribution in [2.75, 3.05) is 20.2 Å². The van der Waals surface area contributed by atoms with Crippen LogP contribution in [0.5, 0.6) is 0 Å². The van der Waals surface area contributed by atoms with Crippen LogP contribution in [0.3, 0.4) is 0 Å². The standard InChI is InChI=1S/C26H27FN2O3/c1-31-24-23(28-25(30)22-10-5-15-32-22)20-8-2-3-9-21(20)26(24)11-13-29(14-12-26)17-18-6-4-7-19(27)16-18/h2-10,15-16,23-24H,11-14,17H2,1H3,(H,28,30)/t23-,24+/m1/s1. The van der Waals surface area contributed by atoms with Crippen LogP contribution in [0.2, 0.25) is 0 Å². The molecule has 1 spiro atoms. The van der Waals surface area contributed by atoms with Crippen molar-refractivity contribution in [2.45, 2.75) is 36.9 Å². The molecule has 1 amide bonds. The van der Waals surface area contributed by atoms with Gasteiger partial charge in [0, 0.05) is 19.1 Å². The largest absolute Gasteiger partial charge is 0.459 e. The number of halogens is 1. The second-order valence-electron chi connectivity index (χ2n) is 8.73. The number of carbonyl (C=O) groups is 1. The Morgan fingerprint density at radius 3 is 2.69 bits per heavy atom. The van der Waals surface area contributed by atoms with Gasteiger partial charge in [-0.25, -0.2) is 4.39 Å². The van der Waals surface area contributed by atoms with Gasteiger partial charge in [-0.3, -0.25) is 9.69 Å². The summed E-state index contributed by atoms with van der Waals surface area (Å²) in [5, 5.41) is 3.15. The number of methoxy groups -OCH3 is 1. The van der Waals surface area contributed by atoms with Crippen molar-refractivity contribution in [2.24, 2.45) is 0 Å². The Labute approximate surface area is 187 Å². The molecule has 1 saturated heterocycles. The molecule has 1 aliphatic carbocycles. The maximum Gasteiger partial charge on any atom is 0.287 e. The summed E-state index contributed by atoms with van der Waals surface area (Å²) in [6, 6.07) is 18.3. The number of hydrogen-bond acceptors (Lipinski definition) is 4. The highest BCUT2D eigenvalue weighted by molar-refractivity contribution is 5.91. The first-order valence-corrected chi connectivity index (χ1v) is 11.0. The molecule has 3 aromatic rings. The summed E-state index contributed by atoms with van der Waals surface area (Å²) in [6.45, 7) is 2.49. The number of fused-ring (bicyclic) bond motifs is 2. The highest BCUT2D eigenvalue weighted by atomic mass is 19.1. The van der Waals surface area contributed by atoms with Crippen LogP contribution in [-0.4, -0.2) is 37.1 Å². The van der Waals surface area contributed by atoms with E-state index in [1.54, 1.807) is 31.4 Å². The fourth-order valence-corrected chi connectivity index (χ4v) is 5.55. The molecule has 5 nitrogen and oxygen atoms in total. The van der Waals surface area contributed by atoms with Crippen molar-refractivity contribution in [3.05, 3.63) is 95.2 Å². The SMILES string of the molecule is CO[C@H]1[C@H](NC(=O)c2ccco2)c2ccccc2C12CCN(Cc1cccc(F)c1)CC2. The van der Waals surface area contributed by atoms with Gasteiger partial charge in [0.25, 0.3) is 5.91 Å². The Kier molecular flexibility index (Phi) is 5.57. The topological polar surface area (TPSA) is 54.7 Å². The Morgan fingerprint density at radius 1 is 1.16 bits per heavy atom. The van der Waals surface area contributed by atoms with Gasteiger partial charge in [-0.15, -0.1) is 0 Å². The summed E-state index contributed by atoms with van der Waals surface area (Å²) in [5.74, 6) is -0.143. The lowest BCUT2D eigenvalue weighted by molar-refractivity contribution is -0.0124. The molecule has 2 atom stereocenters. The Hall–Kier alpha value is -2.96. The summed E-state index contributed by atoms with van der Waals surface area (Å²) in [4.78, 5) is 15.2. The lowest BCUT2D eigenvalue weighted by Crippen LogP contribution is -2.50. The number of nitrogens with zero attached hydrogens (tertiary/aromatic N) is 1. The molecular formula is C26H27FN2O3. The van der Waals surface area contributed by atoms with Gasteiger partial charge in [-0.2, -0.15) is 0 Å². The third-order valence-corrected chi connectivity index (χ3v) is 7.01. The first-order chi connectivity index (χ1) is 15.6. The maximum absolute atomic E-state index is 13.6. The maximum atomic E-state index is 13.6. The zero-order valence-corrected chi connectivity index (χ0v) is 18.1. The lowest BCUT2D eigenvalue weighted by atomic mass is 9.72. The zero-order valence-electron chi connectivity index (χ0n) is 18.1. The molecule has 2 aliphatic rings. The van der Waals surface area contributed by atoms with Crippen LogP contribution in [0.1, 0.15) is 46.1 Å². The molecule has 0 radical (unpaired) electrons. The van der Waals surface area contributed by atoms with Gasteiger partial charge in [0.15, 0.2) is 5.76 Å². The van der Waals surface area contributed by atoms with E-state index in [0.717, 1.165) is 43.6 Å². The van der Waals surface area contributed by atoms with Crippen LogP contribution in [0.4, 0.5) is 4.39 Å². The molecule has 166 valence electrons. The number of hydrogen-bond donors (Lipinski definition) is 1. The average Bonchev–Trinajstić information content (AvgIpc) is 3.42. The summed E-state index contributed by atoms with van der Waals surface area (Å²) >= 11 is 0. The molecule has 1 N–H and O–H groups in total. The molecule has 0 unspecified atom stereocenters. The van der Waals surface area contributed by atoms with Crippen LogP contribution in [0, 0.1) is 5.82 Å². The van der Waals surface area contributed by atoms with Crippen molar-refractivity contribution >= 4 is 5.91 Å². The number of benzene rings is 2. The number of furan rings is 1. The van der Waals surface area contributed by atoms with E-state index in [0.29, 0.717) is 5.76 Å².